The fourth-order valence-corrected chi connectivity index (χ4v) is 4.41. The summed E-state index contributed by atoms with van der Waals surface area (Å²) in [6, 6.07) is 10.4. The number of nitrogens with zero attached hydrogens (tertiary/aromatic N) is 1. The Kier molecular flexibility index (Phi) is 7.67. The number of amides is 1. The Morgan fingerprint density at radius 2 is 1.81 bits per heavy atom. The van der Waals surface area contributed by atoms with E-state index < -0.39 is 34.3 Å². The van der Waals surface area contributed by atoms with Gasteiger partial charge in [0.2, 0.25) is 10.0 Å². The third-order valence-electron chi connectivity index (χ3n) is 4.78. The second-order valence-corrected chi connectivity index (χ2v) is 8.83. The normalized spacial score (nSPS) is 14.5. The van der Waals surface area contributed by atoms with Crippen molar-refractivity contribution in [3.05, 3.63) is 53.6 Å². The predicted octanol–water partition coefficient (Wildman–Crippen LogP) is 0.895. The van der Waals surface area contributed by atoms with Crippen LogP contribution in [0, 0.1) is 0 Å². The van der Waals surface area contributed by atoms with Crippen molar-refractivity contribution in [1.29, 1.82) is 0 Å². The maximum atomic E-state index is 12.8. The van der Waals surface area contributed by atoms with Gasteiger partial charge in [-0.1, -0.05) is 12.1 Å². The molecule has 0 aromatic heterocycles. The first-order valence-corrected chi connectivity index (χ1v) is 11.2. The van der Waals surface area contributed by atoms with Crippen LogP contribution in [0.3, 0.4) is 0 Å². The first-order valence-electron chi connectivity index (χ1n) is 9.79. The topological polar surface area (TPSA) is 131 Å². The Morgan fingerprint density at radius 1 is 1.12 bits per heavy atom. The van der Waals surface area contributed by atoms with Gasteiger partial charge in [-0.3, -0.25) is 4.79 Å². The highest BCUT2D eigenvalue weighted by atomic mass is 32.2. The van der Waals surface area contributed by atoms with E-state index in [2.05, 4.69) is 5.32 Å². The van der Waals surface area contributed by atoms with Crippen LogP contribution < -0.4 is 10.1 Å². The largest absolute Gasteiger partial charge is 0.507 e. The average Bonchev–Trinajstić information content (AvgIpc) is 2.82. The molecule has 2 aromatic rings. The number of ether oxygens (including phenoxy) is 3. The lowest BCUT2D eigenvalue weighted by atomic mass is 10.2. The van der Waals surface area contributed by atoms with Crippen molar-refractivity contribution in [3.8, 4) is 11.5 Å². The second kappa shape index (κ2) is 10.4. The fourth-order valence-electron chi connectivity index (χ4n) is 2.98. The third-order valence-corrected chi connectivity index (χ3v) is 6.67. The van der Waals surface area contributed by atoms with E-state index in [4.69, 9.17) is 14.2 Å². The first-order chi connectivity index (χ1) is 15.3. The lowest BCUT2D eigenvalue weighted by molar-refractivity contribution is -0.124. The minimum absolute atomic E-state index is 0.159. The molecule has 10 nitrogen and oxygen atoms in total. The van der Waals surface area contributed by atoms with Crippen LogP contribution >= 0.6 is 0 Å². The number of benzene rings is 2. The zero-order valence-electron chi connectivity index (χ0n) is 17.4. The third kappa shape index (κ3) is 5.75. The maximum Gasteiger partial charge on any atom is 0.342 e. The molecule has 0 aliphatic carbocycles. The number of sulfonamides is 1. The highest BCUT2D eigenvalue weighted by molar-refractivity contribution is 7.89. The molecule has 1 saturated heterocycles. The molecular formula is C21H24N2O8S. The van der Waals surface area contributed by atoms with Gasteiger partial charge in [-0.05, 0) is 35.9 Å². The quantitative estimate of drug-likeness (QED) is 0.551. The molecule has 32 heavy (non-hydrogen) atoms. The van der Waals surface area contributed by atoms with Crippen molar-refractivity contribution in [1.82, 2.24) is 9.62 Å². The number of nitrogens with one attached hydrogen (secondary N) is 1. The van der Waals surface area contributed by atoms with Crippen molar-refractivity contribution in [2.75, 3.05) is 40.0 Å². The summed E-state index contributed by atoms with van der Waals surface area (Å²) in [6.07, 6.45) is 0. The average molecular weight is 464 g/mol. The van der Waals surface area contributed by atoms with Crippen LogP contribution in [0.4, 0.5) is 0 Å². The number of methoxy groups -OCH3 is 1. The van der Waals surface area contributed by atoms with Crippen molar-refractivity contribution in [2.45, 2.75) is 11.4 Å². The van der Waals surface area contributed by atoms with Crippen LogP contribution in [-0.4, -0.2) is 69.7 Å². The van der Waals surface area contributed by atoms with Gasteiger partial charge in [-0.15, -0.1) is 0 Å². The maximum absolute atomic E-state index is 12.8. The van der Waals surface area contributed by atoms with Gasteiger partial charge in [0.05, 0.1) is 25.2 Å². The van der Waals surface area contributed by atoms with Gasteiger partial charge < -0.3 is 24.6 Å². The molecule has 0 radical (unpaired) electrons. The number of rotatable bonds is 8. The van der Waals surface area contributed by atoms with Crippen molar-refractivity contribution in [2.24, 2.45) is 0 Å². The van der Waals surface area contributed by atoms with Crippen LogP contribution in [-0.2, 0) is 30.8 Å². The number of carbonyl (C=O) groups is 2. The molecular weight excluding hydrogens is 440 g/mol. The minimum Gasteiger partial charge on any atom is -0.507 e. The molecule has 2 aromatic carbocycles. The number of phenols is 1. The van der Waals surface area contributed by atoms with E-state index in [0.29, 0.717) is 5.75 Å². The summed E-state index contributed by atoms with van der Waals surface area (Å²) >= 11 is 0. The zero-order valence-corrected chi connectivity index (χ0v) is 18.3. The molecule has 1 heterocycles. The molecule has 2 N–H and O–H groups in total. The standard InChI is InChI=1S/C21H24N2O8S/c1-29-16-4-2-15(3-5-16)13-22-20(25)14-31-21(26)18-12-17(6-7-19(18)24)32(27,28)23-8-10-30-11-9-23/h2-7,12,24H,8-11,13-14H2,1H3,(H,22,25). The van der Waals surface area contributed by atoms with Crippen LogP contribution in [0.5, 0.6) is 11.5 Å². The highest BCUT2D eigenvalue weighted by Gasteiger charge is 2.28. The van der Waals surface area contributed by atoms with E-state index in [1.54, 1.807) is 31.4 Å². The molecule has 1 fully saturated rings. The molecule has 1 aliphatic rings. The summed E-state index contributed by atoms with van der Waals surface area (Å²) < 4.78 is 41.9. The summed E-state index contributed by atoms with van der Waals surface area (Å²) in [7, 11) is -2.31. The molecule has 0 unspecified atom stereocenters. The molecule has 0 bridgehead atoms. The van der Waals surface area contributed by atoms with E-state index in [0.717, 1.165) is 17.7 Å². The van der Waals surface area contributed by atoms with Gasteiger partial charge in [0.15, 0.2) is 6.61 Å². The molecule has 1 amide bonds. The van der Waals surface area contributed by atoms with Gasteiger partial charge in [-0.25, -0.2) is 13.2 Å². The van der Waals surface area contributed by atoms with Gasteiger partial charge in [0.1, 0.15) is 17.1 Å². The molecule has 0 saturated carbocycles. The molecule has 172 valence electrons. The van der Waals surface area contributed by atoms with Gasteiger partial charge in [-0.2, -0.15) is 4.31 Å². The number of hydrogen-bond donors (Lipinski definition) is 2. The number of phenolic OH excluding ortho intramolecular Hbond substituents is 1. The zero-order chi connectivity index (χ0) is 23.1. The smallest absolute Gasteiger partial charge is 0.342 e. The summed E-state index contributed by atoms with van der Waals surface area (Å²) in [5.74, 6) is -1.33. The SMILES string of the molecule is COc1ccc(CNC(=O)COC(=O)c2cc(S(=O)(=O)N3CCOCC3)ccc2O)cc1. The van der Waals surface area contributed by atoms with Crippen molar-refractivity contribution >= 4 is 21.9 Å². The van der Waals surface area contributed by atoms with Crippen LogP contribution in [0.2, 0.25) is 0 Å². The summed E-state index contributed by atoms with van der Waals surface area (Å²) in [4.78, 5) is 24.2. The summed E-state index contributed by atoms with van der Waals surface area (Å²) in [5, 5.41) is 12.6. The predicted molar refractivity (Wildman–Crippen MR) is 113 cm³/mol. The molecule has 0 spiro atoms. The van der Waals surface area contributed by atoms with Crippen molar-refractivity contribution in [3.63, 3.8) is 0 Å². The first kappa shape index (κ1) is 23.5. The van der Waals surface area contributed by atoms with Crippen LogP contribution in [0.15, 0.2) is 47.4 Å². The Morgan fingerprint density at radius 3 is 2.47 bits per heavy atom. The van der Waals surface area contributed by atoms with Crippen molar-refractivity contribution < 1.29 is 37.3 Å². The van der Waals surface area contributed by atoms with Crippen LogP contribution in [0.25, 0.3) is 0 Å². The van der Waals surface area contributed by atoms with E-state index in [9.17, 15) is 23.1 Å². The molecule has 0 atom stereocenters. The molecule has 3 rings (SSSR count). The van der Waals surface area contributed by atoms with E-state index in [1.807, 2.05) is 0 Å². The minimum atomic E-state index is -3.86. The van der Waals surface area contributed by atoms with E-state index >= 15 is 0 Å². The Hall–Kier alpha value is -3.15. The number of carbonyl (C=O) groups excluding carboxylic acids is 2. The van der Waals surface area contributed by atoms with E-state index in [-0.39, 0.29) is 43.3 Å². The molecule has 1 aliphatic heterocycles. The molecule has 11 heteroatoms. The van der Waals surface area contributed by atoms with Gasteiger partial charge in [0, 0.05) is 19.6 Å². The second-order valence-electron chi connectivity index (χ2n) is 6.90. The van der Waals surface area contributed by atoms with Crippen LogP contribution in [0.1, 0.15) is 15.9 Å². The summed E-state index contributed by atoms with van der Waals surface area (Å²) in [6.45, 7) is 0.568. The Bertz CT molecular complexity index is 1060. The number of aromatic hydroxyl groups is 1. The highest BCUT2D eigenvalue weighted by Crippen LogP contribution is 2.25. The van der Waals surface area contributed by atoms with Gasteiger partial charge in [0.25, 0.3) is 5.91 Å². The summed E-state index contributed by atoms with van der Waals surface area (Å²) in [5.41, 5.74) is 0.478. The van der Waals surface area contributed by atoms with Gasteiger partial charge >= 0.3 is 5.97 Å². The Labute approximate surface area is 185 Å². The Balaban J connectivity index is 1.59. The number of morpholine rings is 1. The number of hydrogen-bond acceptors (Lipinski definition) is 8. The fraction of sp³-hybridized carbons (Fsp3) is 0.333. The monoisotopic (exact) mass is 464 g/mol. The van der Waals surface area contributed by atoms with E-state index in [1.165, 1.54) is 10.4 Å². The number of esters is 1. The lowest BCUT2D eigenvalue weighted by Gasteiger charge is -2.26. The lowest BCUT2D eigenvalue weighted by Crippen LogP contribution is -2.40.